The second-order valence-corrected chi connectivity index (χ2v) is 19.2. The topological polar surface area (TPSA) is 9.86 Å². The Morgan fingerprint density at radius 2 is 0.853 bits per heavy atom. The number of hydrogen-bond acceptors (Lipinski definition) is 0. The molecule has 16 rings (SSSR count). The number of fused-ring (bicyclic) bond motifs is 18. The summed E-state index contributed by atoms with van der Waals surface area (Å²) >= 11 is 0. The largest absolute Gasteiger partial charge is 0.310 e. The zero-order valence-corrected chi connectivity index (χ0v) is 37.3. The highest BCUT2D eigenvalue weighted by molar-refractivity contribution is 7.00. The molecule has 3 heteroatoms. The number of aryl methyl sites for hydroxylation is 1. The SMILES string of the molecule is Cc1cc2c3c(c1)-n1c4ccc5ccccc5c4c4c5ccccc5cc(c41)B3c1cc3ccc4ccccc4c3c3c4ccc(-c5c(-c6ccccc6)cccc5-c5ccccc5)cc4n-2c13. The summed E-state index contributed by atoms with van der Waals surface area (Å²) in [5.41, 5.74) is 20.4. The second kappa shape index (κ2) is 13.2. The van der Waals surface area contributed by atoms with Crippen LogP contribution in [0.15, 0.2) is 218 Å². The van der Waals surface area contributed by atoms with Crippen molar-refractivity contribution < 1.29 is 0 Å². The third-order valence-electron chi connectivity index (χ3n) is 15.6. The Morgan fingerprint density at radius 3 is 1.51 bits per heavy atom. The molecule has 0 spiro atoms. The fourth-order valence-electron chi connectivity index (χ4n) is 13.0. The first-order chi connectivity index (χ1) is 33.7. The minimum absolute atomic E-state index is 0.00826. The summed E-state index contributed by atoms with van der Waals surface area (Å²) in [5, 5.41) is 15.6. The van der Waals surface area contributed by atoms with Crippen LogP contribution in [0.3, 0.4) is 0 Å². The van der Waals surface area contributed by atoms with Gasteiger partial charge in [0.2, 0.25) is 0 Å². The molecule has 12 aromatic carbocycles. The first-order valence-electron chi connectivity index (χ1n) is 23.9. The van der Waals surface area contributed by atoms with Gasteiger partial charge >= 0.3 is 0 Å². The predicted molar refractivity (Wildman–Crippen MR) is 291 cm³/mol. The molecule has 0 saturated heterocycles. The molecule has 0 aliphatic carbocycles. The number of aromatic nitrogens is 2. The minimum atomic E-state index is 0.00826. The van der Waals surface area contributed by atoms with Crippen LogP contribution in [0.1, 0.15) is 5.56 Å². The molecule has 0 radical (unpaired) electrons. The van der Waals surface area contributed by atoms with Gasteiger partial charge in [-0.25, -0.2) is 0 Å². The van der Waals surface area contributed by atoms with E-state index in [0.29, 0.717) is 0 Å². The summed E-state index contributed by atoms with van der Waals surface area (Å²) in [6.07, 6.45) is 0. The average molecular weight is 859 g/mol. The Hall–Kier alpha value is -8.66. The molecule has 2 aromatic heterocycles. The molecule has 14 aromatic rings. The lowest BCUT2D eigenvalue weighted by Crippen LogP contribution is -2.59. The van der Waals surface area contributed by atoms with Crippen molar-refractivity contribution in [3.05, 3.63) is 224 Å². The smallest absolute Gasteiger partial charge is 0.252 e. The van der Waals surface area contributed by atoms with Crippen molar-refractivity contribution in [2.45, 2.75) is 6.92 Å². The van der Waals surface area contributed by atoms with E-state index in [-0.39, 0.29) is 6.71 Å². The van der Waals surface area contributed by atoms with Crippen LogP contribution in [-0.2, 0) is 0 Å². The highest BCUT2D eigenvalue weighted by atomic mass is 15.0. The van der Waals surface area contributed by atoms with Gasteiger partial charge in [0.15, 0.2) is 0 Å². The van der Waals surface area contributed by atoms with E-state index in [9.17, 15) is 0 Å². The quantitative estimate of drug-likeness (QED) is 0.124. The summed E-state index contributed by atoms with van der Waals surface area (Å²) in [6, 6.07) is 82.4. The molecule has 0 fully saturated rings. The molecule has 2 aliphatic rings. The normalized spacial score (nSPS) is 12.8. The van der Waals surface area contributed by atoms with Gasteiger partial charge in [-0.2, -0.15) is 0 Å². The van der Waals surface area contributed by atoms with Gasteiger partial charge in [-0.1, -0.05) is 194 Å². The summed E-state index contributed by atoms with van der Waals surface area (Å²) in [7, 11) is 0. The van der Waals surface area contributed by atoms with Crippen LogP contribution in [-0.4, -0.2) is 15.8 Å². The van der Waals surface area contributed by atoms with E-state index in [0.717, 1.165) is 0 Å². The van der Waals surface area contributed by atoms with E-state index in [2.05, 4.69) is 234 Å². The van der Waals surface area contributed by atoms with Gasteiger partial charge in [0.1, 0.15) is 0 Å². The molecular weight excluding hydrogens is 820 g/mol. The van der Waals surface area contributed by atoms with Crippen molar-refractivity contribution in [2.75, 3.05) is 0 Å². The highest BCUT2D eigenvalue weighted by Crippen LogP contribution is 2.48. The van der Waals surface area contributed by atoms with E-state index in [1.54, 1.807) is 0 Å². The lowest BCUT2D eigenvalue weighted by molar-refractivity contribution is 1.13. The van der Waals surface area contributed by atoms with Crippen molar-refractivity contribution >= 4 is 110 Å². The molecule has 0 N–H and O–H groups in total. The van der Waals surface area contributed by atoms with Crippen molar-refractivity contribution in [1.82, 2.24) is 9.13 Å². The summed E-state index contributed by atoms with van der Waals surface area (Å²) in [6.45, 7) is 2.30. The minimum Gasteiger partial charge on any atom is -0.310 e. The molecule has 68 heavy (non-hydrogen) atoms. The van der Waals surface area contributed by atoms with E-state index in [1.165, 1.54) is 153 Å². The zero-order chi connectivity index (χ0) is 44.4. The average Bonchev–Trinajstić information content (AvgIpc) is 3.94. The number of benzene rings is 12. The van der Waals surface area contributed by atoms with E-state index in [4.69, 9.17) is 0 Å². The van der Waals surface area contributed by atoms with Crippen LogP contribution in [0, 0.1) is 6.92 Å². The standard InChI is InChI=1S/C65H39BN2/c1-38-33-56-63-57(34-38)68-55-37-45(58-46(39-15-4-2-5-16-39)25-14-26-47(58)40-17-6-3-7-18-40)29-31-51(55)62-59-44(28-27-41-19-8-11-22-48(41)59)36-53(65(62)68)66(63)52-35-43-21-10-13-24-50(43)61-60-49-23-12-9-20-42(49)30-32-54(60)67(56)64(52)61/h2-37H,1H3. The fraction of sp³-hybridized carbons (Fsp3) is 0.0154. The number of rotatable bonds is 3. The third-order valence-corrected chi connectivity index (χ3v) is 15.6. The number of nitrogens with zero attached hydrogens (tertiary/aromatic N) is 2. The van der Waals surface area contributed by atoms with Crippen LogP contribution >= 0.6 is 0 Å². The lowest BCUT2D eigenvalue weighted by Gasteiger charge is -2.34. The van der Waals surface area contributed by atoms with E-state index in [1.807, 2.05) is 0 Å². The molecule has 0 saturated carbocycles. The van der Waals surface area contributed by atoms with Crippen LogP contribution in [0.2, 0.25) is 0 Å². The summed E-state index contributed by atoms with van der Waals surface area (Å²) in [5.74, 6) is 0. The lowest BCUT2D eigenvalue weighted by atomic mass is 9.34. The maximum absolute atomic E-state index is 2.67. The van der Waals surface area contributed by atoms with Gasteiger partial charge in [0.25, 0.3) is 6.71 Å². The van der Waals surface area contributed by atoms with Crippen molar-refractivity contribution in [3.8, 4) is 44.8 Å². The van der Waals surface area contributed by atoms with Crippen LogP contribution in [0.25, 0.3) is 131 Å². The Morgan fingerprint density at radius 1 is 0.338 bits per heavy atom. The molecule has 0 amide bonds. The van der Waals surface area contributed by atoms with Crippen LogP contribution < -0.4 is 16.4 Å². The number of hydrogen-bond donors (Lipinski definition) is 0. The zero-order valence-electron chi connectivity index (χ0n) is 37.3. The monoisotopic (exact) mass is 858 g/mol. The molecule has 312 valence electrons. The van der Waals surface area contributed by atoms with Gasteiger partial charge in [-0.3, -0.25) is 0 Å². The van der Waals surface area contributed by atoms with E-state index < -0.39 is 0 Å². The van der Waals surface area contributed by atoms with Crippen molar-refractivity contribution in [1.29, 1.82) is 0 Å². The fourth-order valence-corrected chi connectivity index (χ4v) is 13.0. The molecule has 4 heterocycles. The first-order valence-corrected chi connectivity index (χ1v) is 23.9. The van der Waals surface area contributed by atoms with Crippen LogP contribution in [0.4, 0.5) is 0 Å². The second-order valence-electron chi connectivity index (χ2n) is 19.2. The van der Waals surface area contributed by atoms with E-state index >= 15 is 0 Å². The van der Waals surface area contributed by atoms with Crippen LogP contribution in [0.5, 0.6) is 0 Å². The van der Waals surface area contributed by atoms with Crippen molar-refractivity contribution in [2.24, 2.45) is 0 Å². The molecule has 2 aliphatic heterocycles. The van der Waals surface area contributed by atoms with Gasteiger partial charge in [-0.15, -0.1) is 0 Å². The third kappa shape index (κ3) is 4.67. The molecule has 0 unspecified atom stereocenters. The Labute approximate surface area is 392 Å². The Bertz CT molecular complexity index is 4500. The summed E-state index contributed by atoms with van der Waals surface area (Å²) in [4.78, 5) is 0. The van der Waals surface area contributed by atoms with Gasteiger partial charge in [0, 0.05) is 32.9 Å². The molecular formula is C65H39BN2. The van der Waals surface area contributed by atoms with Crippen molar-refractivity contribution in [3.63, 3.8) is 0 Å². The predicted octanol–water partition coefficient (Wildman–Crippen LogP) is 14.9. The molecule has 0 atom stereocenters. The molecule has 0 bridgehead atoms. The summed E-state index contributed by atoms with van der Waals surface area (Å²) < 4.78 is 5.31. The maximum Gasteiger partial charge on any atom is 0.252 e. The first kappa shape index (κ1) is 36.5. The maximum atomic E-state index is 2.67. The molecule has 2 nitrogen and oxygen atoms in total. The van der Waals surface area contributed by atoms with Gasteiger partial charge in [-0.05, 0) is 130 Å². The Kier molecular flexibility index (Phi) is 7.12. The Balaban J connectivity index is 1.10. The van der Waals surface area contributed by atoms with Gasteiger partial charge in [0.05, 0.1) is 22.1 Å². The van der Waals surface area contributed by atoms with Gasteiger partial charge < -0.3 is 9.13 Å². The highest BCUT2D eigenvalue weighted by Gasteiger charge is 2.42.